The molecule has 3 aromatic rings. The van der Waals surface area contributed by atoms with Crippen LogP contribution in [0.5, 0.6) is 0 Å². The Balaban J connectivity index is 1.14. The zero-order valence-electron chi connectivity index (χ0n) is 23.2. The zero-order chi connectivity index (χ0) is 27.9. The van der Waals surface area contributed by atoms with Gasteiger partial charge in [0.2, 0.25) is 5.96 Å². The Morgan fingerprint density at radius 1 is 1.12 bits per heavy atom. The molecule has 10 heteroatoms. The van der Waals surface area contributed by atoms with Crippen molar-refractivity contribution in [3.8, 4) is 11.1 Å². The van der Waals surface area contributed by atoms with E-state index in [9.17, 15) is 9.59 Å². The lowest BCUT2D eigenvalue weighted by atomic mass is 10.0. The number of carbonyl (C=O) groups is 2. The van der Waals surface area contributed by atoms with Crippen molar-refractivity contribution in [1.82, 2.24) is 25.5 Å². The highest BCUT2D eigenvalue weighted by Crippen LogP contribution is 2.29. The molecule has 2 amide bonds. The largest absolute Gasteiger partial charge is 0.444 e. The normalized spacial score (nSPS) is 18.7. The quantitative estimate of drug-likeness (QED) is 0.419. The average Bonchev–Trinajstić information content (AvgIpc) is 3.59. The Kier molecular flexibility index (Phi) is 6.69. The van der Waals surface area contributed by atoms with E-state index in [0.29, 0.717) is 30.7 Å². The number of benzene rings is 1. The van der Waals surface area contributed by atoms with Gasteiger partial charge in [-0.3, -0.25) is 10.1 Å². The summed E-state index contributed by atoms with van der Waals surface area (Å²) < 4.78 is 5.51. The number of anilines is 1. The summed E-state index contributed by atoms with van der Waals surface area (Å²) >= 11 is 0. The number of hydrogen-bond acceptors (Lipinski definition) is 7. The van der Waals surface area contributed by atoms with Gasteiger partial charge in [0.1, 0.15) is 16.9 Å². The molecule has 0 atom stereocenters. The second-order valence-corrected chi connectivity index (χ2v) is 11.6. The highest BCUT2D eigenvalue weighted by Gasteiger charge is 2.27. The third-order valence-electron chi connectivity index (χ3n) is 7.30. The van der Waals surface area contributed by atoms with Gasteiger partial charge in [0, 0.05) is 67.3 Å². The maximum Gasteiger partial charge on any atom is 0.410 e. The van der Waals surface area contributed by atoms with Crippen molar-refractivity contribution in [2.24, 2.45) is 10.9 Å². The van der Waals surface area contributed by atoms with Gasteiger partial charge in [-0.05, 0) is 69.4 Å². The smallest absolute Gasteiger partial charge is 0.410 e. The molecule has 6 rings (SSSR count). The van der Waals surface area contributed by atoms with Crippen molar-refractivity contribution in [3.05, 3.63) is 54.0 Å². The number of pyridine rings is 1. The van der Waals surface area contributed by atoms with E-state index in [2.05, 4.69) is 60.8 Å². The summed E-state index contributed by atoms with van der Waals surface area (Å²) in [6.45, 7) is 9.26. The molecule has 4 heterocycles. The van der Waals surface area contributed by atoms with Crippen LogP contribution < -0.4 is 15.5 Å². The minimum Gasteiger partial charge on any atom is -0.444 e. The number of aromatic nitrogens is 2. The Hall–Kier alpha value is -4.34. The molecule has 3 aliphatic rings. The SMILES string of the molecule is CC(C)(C)OC(=O)N1CCN(c2ccc(-c3cnc4[nH]cc(/C=C5\N=C(NCC6CC6)NC5=O)c4c3)cc2)CC1. The van der Waals surface area contributed by atoms with Gasteiger partial charge in [-0.2, -0.15) is 0 Å². The number of rotatable bonds is 5. The van der Waals surface area contributed by atoms with Crippen molar-refractivity contribution in [2.45, 2.75) is 39.2 Å². The number of carbonyl (C=O) groups excluding carboxylic acids is 2. The number of guanidine groups is 1. The van der Waals surface area contributed by atoms with Crippen LogP contribution in [0.15, 0.2) is 53.4 Å². The minimum absolute atomic E-state index is 0.209. The number of aromatic amines is 1. The average molecular weight is 542 g/mol. The lowest BCUT2D eigenvalue weighted by Crippen LogP contribution is -2.50. The molecular formula is C30H35N7O3. The lowest BCUT2D eigenvalue weighted by molar-refractivity contribution is -0.115. The van der Waals surface area contributed by atoms with Crippen molar-refractivity contribution in [1.29, 1.82) is 0 Å². The van der Waals surface area contributed by atoms with Crippen LogP contribution in [-0.4, -0.2) is 71.2 Å². The summed E-state index contributed by atoms with van der Waals surface area (Å²) in [5.41, 5.74) is 4.65. The fraction of sp³-hybridized carbons (Fsp3) is 0.400. The number of hydrogen-bond donors (Lipinski definition) is 3. The first-order valence-electron chi connectivity index (χ1n) is 13.9. The summed E-state index contributed by atoms with van der Waals surface area (Å²) in [4.78, 5) is 41.2. The van der Waals surface area contributed by atoms with Gasteiger partial charge in [0.15, 0.2) is 0 Å². The number of H-pyrrole nitrogens is 1. The van der Waals surface area contributed by atoms with Crippen LogP contribution in [0.3, 0.4) is 0 Å². The van der Waals surface area contributed by atoms with Crippen LogP contribution in [-0.2, 0) is 9.53 Å². The van der Waals surface area contributed by atoms with E-state index in [-0.39, 0.29) is 12.0 Å². The van der Waals surface area contributed by atoms with E-state index in [4.69, 9.17) is 4.74 Å². The molecule has 2 aromatic heterocycles. The van der Waals surface area contributed by atoms with E-state index in [1.165, 1.54) is 12.8 Å². The zero-order valence-corrected chi connectivity index (χ0v) is 23.2. The Morgan fingerprint density at radius 2 is 1.88 bits per heavy atom. The van der Waals surface area contributed by atoms with Gasteiger partial charge >= 0.3 is 6.09 Å². The van der Waals surface area contributed by atoms with Crippen molar-refractivity contribution >= 4 is 40.8 Å². The molecule has 1 aliphatic carbocycles. The molecule has 0 unspecified atom stereocenters. The summed E-state index contributed by atoms with van der Waals surface area (Å²) in [7, 11) is 0. The first-order chi connectivity index (χ1) is 19.2. The third kappa shape index (κ3) is 5.80. The van der Waals surface area contributed by atoms with E-state index < -0.39 is 5.60 Å². The Labute approximate surface area is 233 Å². The molecule has 10 nitrogen and oxygen atoms in total. The van der Waals surface area contributed by atoms with Gasteiger partial charge < -0.3 is 24.8 Å². The number of ether oxygens (including phenoxy) is 1. The van der Waals surface area contributed by atoms with Crippen LogP contribution in [0.25, 0.3) is 28.2 Å². The topological polar surface area (TPSA) is 115 Å². The van der Waals surface area contributed by atoms with E-state index >= 15 is 0 Å². The number of fused-ring (bicyclic) bond motifs is 1. The standard InChI is InChI=1S/C30H35N7O3/c1-30(2,3)40-29(39)37-12-10-36(11-13-37)23-8-6-20(7-9-23)21-14-24-22(18-32-26(24)31-17-21)15-25-27(38)35-28(34-25)33-16-19-4-5-19/h6-9,14-15,17-19H,4-5,10-13,16H2,1-3H3,(H,31,32)(H2,33,34,35,38)/b25-15-. The van der Waals surface area contributed by atoms with Crippen LogP contribution in [0.1, 0.15) is 39.2 Å². The number of nitrogens with zero attached hydrogens (tertiary/aromatic N) is 4. The van der Waals surface area contributed by atoms with Gasteiger partial charge in [-0.15, -0.1) is 0 Å². The van der Waals surface area contributed by atoms with Gasteiger partial charge in [-0.25, -0.2) is 14.8 Å². The van der Waals surface area contributed by atoms with E-state index in [0.717, 1.165) is 53.0 Å². The molecule has 1 aromatic carbocycles. The number of amides is 2. The second-order valence-electron chi connectivity index (χ2n) is 11.6. The molecule has 2 fully saturated rings. The third-order valence-corrected chi connectivity index (χ3v) is 7.30. The van der Waals surface area contributed by atoms with Gasteiger partial charge in [0.05, 0.1) is 0 Å². The molecule has 2 aliphatic heterocycles. The maximum atomic E-state index is 12.5. The highest BCUT2D eigenvalue weighted by molar-refractivity contribution is 6.14. The number of piperazine rings is 1. The molecule has 208 valence electrons. The predicted molar refractivity (Wildman–Crippen MR) is 156 cm³/mol. The Bertz CT molecular complexity index is 1490. The summed E-state index contributed by atoms with van der Waals surface area (Å²) in [6, 6.07) is 10.5. The van der Waals surface area contributed by atoms with E-state index in [1.54, 1.807) is 11.0 Å². The van der Waals surface area contributed by atoms with Crippen molar-refractivity contribution in [2.75, 3.05) is 37.6 Å². The predicted octanol–water partition coefficient (Wildman–Crippen LogP) is 4.11. The summed E-state index contributed by atoms with van der Waals surface area (Å²) in [5, 5.41) is 6.96. The lowest BCUT2D eigenvalue weighted by Gasteiger charge is -2.36. The second kappa shape index (κ2) is 10.3. The maximum absolute atomic E-state index is 12.5. The molecule has 1 saturated heterocycles. The number of aliphatic imine (C=N–C) groups is 1. The molecule has 1 saturated carbocycles. The number of nitrogens with one attached hydrogen (secondary N) is 3. The first-order valence-corrected chi connectivity index (χ1v) is 13.9. The molecule has 0 spiro atoms. The molecule has 3 N–H and O–H groups in total. The van der Waals surface area contributed by atoms with Crippen molar-refractivity contribution in [3.63, 3.8) is 0 Å². The van der Waals surface area contributed by atoms with Crippen LogP contribution in [0.4, 0.5) is 10.5 Å². The highest BCUT2D eigenvalue weighted by atomic mass is 16.6. The molecule has 0 radical (unpaired) electrons. The van der Waals surface area contributed by atoms with Crippen molar-refractivity contribution < 1.29 is 14.3 Å². The molecule has 40 heavy (non-hydrogen) atoms. The fourth-order valence-electron chi connectivity index (χ4n) is 4.90. The fourth-order valence-corrected chi connectivity index (χ4v) is 4.90. The van der Waals surface area contributed by atoms with Gasteiger partial charge in [0.25, 0.3) is 5.91 Å². The summed E-state index contributed by atoms with van der Waals surface area (Å²) in [5.74, 6) is 1.00. The van der Waals surface area contributed by atoms with E-state index in [1.807, 2.05) is 33.2 Å². The first kappa shape index (κ1) is 25.9. The molecular weight excluding hydrogens is 506 g/mol. The Morgan fingerprint density at radius 3 is 2.58 bits per heavy atom. The van der Waals surface area contributed by atoms with Crippen LogP contribution in [0, 0.1) is 5.92 Å². The summed E-state index contributed by atoms with van der Waals surface area (Å²) in [6.07, 6.45) is 7.72. The van der Waals surface area contributed by atoms with Gasteiger partial charge in [-0.1, -0.05) is 12.1 Å². The molecule has 0 bridgehead atoms. The minimum atomic E-state index is -0.491. The monoisotopic (exact) mass is 541 g/mol. The van der Waals surface area contributed by atoms with Crippen LogP contribution in [0.2, 0.25) is 0 Å². The van der Waals surface area contributed by atoms with Crippen LogP contribution >= 0.6 is 0 Å².